The number of rotatable bonds is 5. The second-order valence-corrected chi connectivity index (χ2v) is 11.5. The number of nitrogens with one attached hydrogen (secondary N) is 1. The molecule has 0 aliphatic carbocycles. The topological polar surface area (TPSA) is 108 Å². The number of carbonyl (C=O) groups excluding carboxylic acids is 4. The zero-order chi connectivity index (χ0) is 27.4. The molecule has 0 bridgehead atoms. The van der Waals surface area contributed by atoms with Crippen molar-refractivity contribution in [3.63, 3.8) is 0 Å². The van der Waals surface area contributed by atoms with Crippen LogP contribution in [0.2, 0.25) is 0 Å². The maximum Gasteiger partial charge on any atom is 0.410 e. The molecule has 3 saturated heterocycles. The highest BCUT2D eigenvalue weighted by Crippen LogP contribution is 2.33. The molecule has 3 aliphatic rings. The van der Waals surface area contributed by atoms with Gasteiger partial charge in [-0.25, -0.2) is 9.59 Å². The van der Waals surface area contributed by atoms with Crippen LogP contribution in [-0.4, -0.2) is 79.2 Å². The Balaban J connectivity index is 1.28. The standard InChI is InChI=1S/C28H40N4O6/c1-28(2,3)38-27(36)31-14-9-20(10-15-31)17-19-7-12-30(13-8-19)25(34)21-5-6-23(37-4)22(18-21)32-16-11-24(33)29-26(32)35/h5-6,18-20H,7-17H2,1-4H3,(H,29,33,35). The largest absolute Gasteiger partial charge is 0.495 e. The van der Waals surface area contributed by atoms with E-state index in [1.54, 1.807) is 18.2 Å². The number of hydrogen-bond donors (Lipinski definition) is 1. The van der Waals surface area contributed by atoms with Gasteiger partial charge in [0, 0.05) is 44.7 Å². The van der Waals surface area contributed by atoms with E-state index in [1.165, 1.54) is 12.0 Å². The molecular weight excluding hydrogens is 488 g/mol. The fourth-order valence-electron chi connectivity index (χ4n) is 5.53. The number of piperidine rings is 2. The second kappa shape index (κ2) is 11.6. The zero-order valence-electron chi connectivity index (χ0n) is 23.0. The van der Waals surface area contributed by atoms with Gasteiger partial charge in [-0.1, -0.05) is 0 Å². The van der Waals surface area contributed by atoms with Crippen molar-refractivity contribution in [2.75, 3.05) is 44.7 Å². The molecule has 3 aliphatic heterocycles. The minimum absolute atomic E-state index is 0.0634. The smallest absolute Gasteiger partial charge is 0.410 e. The Morgan fingerprint density at radius 3 is 2.11 bits per heavy atom. The molecule has 38 heavy (non-hydrogen) atoms. The first-order valence-electron chi connectivity index (χ1n) is 13.6. The third kappa shape index (κ3) is 6.76. The van der Waals surface area contributed by atoms with E-state index in [-0.39, 0.29) is 30.9 Å². The zero-order valence-corrected chi connectivity index (χ0v) is 23.0. The van der Waals surface area contributed by atoms with Gasteiger partial charge >= 0.3 is 12.1 Å². The number of methoxy groups -OCH3 is 1. The molecule has 0 aromatic heterocycles. The van der Waals surface area contributed by atoms with Gasteiger partial charge in [-0.3, -0.25) is 19.8 Å². The summed E-state index contributed by atoms with van der Waals surface area (Å²) in [6.45, 7) is 8.76. The average Bonchev–Trinajstić information content (AvgIpc) is 2.88. The van der Waals surface area contributed by atoms with Crippen LogP contribution in [0.5, 0.6) is 5.75 Å². The van der Waals surface area contributed by atoms with Crippen LogP contribution in [0.1, 0.15) is 69.7 Å². The highest BCUT2D eigenvalue weighted by Gasteiger charge is 2.31. The van der Waals surface area contributed by atoms with Crippen LogP contribution in [0, 0.1) is 11.8 Å². The number of hydrogen-bond acceptors (Lipinski definition) is 6. The summed E-state index contributed by atoms with van der Waals surface area (Å²) in [5.41, 5.74) is 0.504. The molecule has 3 fully saturated rings. The Kier molecular flexibility index (Phi) is 8.47. The number of likely N-dealkylation sites (tertiary alicyclic amines) is 2. The highest BCUT2D eigenvalue weighted by atomic mass is 16.6. The fraction of sp³-hybridized carbons (Fsp3) is 0.643. The van der Waals surface area contributed by atoms with Crippen molar-refractivity contribution in [2.24, 2.45) is 11.8 Å². The fourth-order valence-corrected chi connectivity index (χ4v) is 5.53. The lowest BCUT2D eigenvalue weighted by Gasteiger charge is -2.37. The van der Waals surface area contributed by atoms with Crippen LogP contribution < -0.4 is 15.0 Å². The van der Waals surface area contributed by atoms with Gasteiger partial charge in [0.2, 0.25) is 5.91 Å². The first kappa shape index (κ1) is 27.7. The number of benzene rings is 1. The molecule has 0 spiro atoms. The molecule has 208 valence electrons. The summed E-state index contributed by atoms with van der Waals surface area (Å²) in [7, 11) is 1.51. The van der Waals surface area contributed by atoms with Crippen molar-refractivity contribution in [2.45, 2.75) is 64.9 Å². The van der Waals surface area contributed by atoms with Crippen molar-refractivity contribution >= 4 is 29.6 Å². The van der Waals surface area contributed by atoms with Crippen LogP contribution in [0.3, 0.4) is 0 Å². The van der Waals surface area contributed by atoms with E-state index in [2.05, 4.69) is 5.32 Å². The Labute approximate surface area is 224 Å². The minimum Gasteiger partial charge on any atom is -0.495 e. The van der Waals surface area contributed by atoms with Gasteiger partial charge in [0.15, 0.2) is 0 Å². The summed E-state index contributed by atoms with van der Waals surface area (Å²) >= 11 is 0. The van der Waals surface area contributed by atoms with Crippen LogP contribution in [0.25, 0.3) is 0 Å². The van der Waals surface area contributed by atoms with Gasteiger partial charge in [0.05, 0.1) is 12.8 Å². The Bertz CT molecular complexity index is 1050. The number of anilines is 1. The predicted octanol–water partition coefficient (Wildman–Crippen LogP) is 4.03. The Morgan fingerprint density at radius 2 is 1.55 bits per heavy atom. The second-order valence-electron chi connectivity index (χ2n) is 11.5. The van der Waals surface area contributed by atoms with Gasteiger partial charge in [-0.05, 0) is 82.9 Å². The van der Waals surface area contributed by atoms with Gasteiger partial charge in [-0.2, -0.15) is 0 Å². The third-order valence-corrected chi connectivity index (χ3v) is 7.61. The molecule has 0 radical (unpaired) electrons. The van der Waals surface area contributed by atoms with Crippen molar-refractivity contribution < 1.29 is 28.7 Å². The summed E-state index contributed by atoms with van der Waals surface area (Å²) in [5, 5.41) is 2.32. The molecule has 0 unspecified atom stereocenters. The molecule has 0 atom stereocenters. The van der Waals surface area contributed by atoms with Crippen molar-refractivity contribution in [1.82, 2.24) is 15.1 Å². The lowest BCUT2D eigenvalue weighted by molar-refractivity contribution is -0.120. The number of urea groups is 1. The SMILES string of the molecule is COc1ccc(C(=O)N2CCC(CC3CCN(C(=O)OC(C)(C)C)CC3)CC2)cc1N1CCC(=O)NC1=O. The molecule has 4 rings (SSSR count). The quantitative estimate of drug-likeness (QED) is 0.618. The van der Waals surface area contributed by atoms with Crippen molar-refractivity contribution in [3.05, 3.63) is 23.8 Å². The summed E-state index contributed by atoms with van der Waals surface area (Å²) in [5.74, 6) is 1.26. The number of nitrogens with zero attached hydrogens (tertiary/aromatic N) is 3. The predicted molar refractivity (Wildman–Crippen MR) is 142 cm³/mol. The molecule has 1 N–H and O–H groups in total. The van der Waals surface area contributed by atoms with Gasteiger partial charge in [0.1, 0.15) is 11.4 Å². The van der Waals surface area contributed by atoms with Crippen molar-refractivity contribution in [1.29, 1.82) is 0 Å². The van der Waals surface area contributed by atoms with Gasteiger partial charge < -0.3 is 19.3 Å². The van der Waals surface area contributed by atoms with E-state index in [0.717, 1.165) is 45.2 Å². The molecular formula is C28H40N4O6. The monoisotopic (exact) mass is 528 g/mol. The van der Waals surface area contributed by atoms with E-state index in [9.17, 15) is 19.2 Å². The van der Waals surface area contributed by atoms with E-state index < -0.39 is 11.6 Å². The van der Waals surface area contributed by atoms with Gasteiger partial charge in [0.25, 0.3) is 5.91 Å². The maximum absolute atomic E-state index is 13.3. The van der Waals surface area contributed by atoms with E-state index >= 15 is 0 Å². The lowest BCUT2D eigenvalue weighted by atomic mass is 9.83. The molecule has 1 aromatic carbocycles. The maximum atomic E-state index is 13.3. The molecule has 5 amide bonds. The molecule has 3 heterocycles. The van der Waals surface area contributed by atoms with E-state index in [4.69, 9.17) is 9.47 Å². The van der Waals surface area contributed by atoms with Crippen LogP contribution in [0.4, 0.5) is 15.3 Å². The van der Waals surface area contributed by atoms with Crippen LogP contribution in [0.15, 0.2) is 18.2 Å². The highest BCUT2D eigenvalue weighted by molar-refractivity contribution is 6.07. The minimum atomic E-state index is -0.512. The first-order chi connectivity index (χ1) is 18.0. The number of imide groups is 1. The number of ether oxygens (including phenoxy) is 2. The summed E-state index contributed by atoms with van der Waals surface area (Å²) in [6.07, 6.45) is 4.99. The summed E-state index contributed by atoms with van der Waals surface area (Å²) in [4.78, 5) is 54.7. The number of carbonyl (C=O) groups is 4. The lowest BCUT2D eigenvalue weighted by Crippen LogP contribution is -2.49. The summed E-state index contributed by atoms with van der Waals surface area (Å²) in [6, 6.07) is 4.59. The molecule has 10 heteroatoms. The van der Waals surface area contributed by atoms with Crippen LogP contribution in [-0.2, 0) is 9.53 Å². The summed E-state index contributed by atoms with van der Waals surface area (Å²) < 4.78 is 10.9. The normalized spacial score (nSPS) is 19.8. The van der Waals surface area contributed by atoms with E-state index in [0.29, 0.717) is 41.9 Å². The average molecular weight is 529 g/mol. The molecule has 0 saturated carbocycles. The Hall–Kier alpha value is -3.30. The first-order valence-corrected chi connectivity index (χ1v) is 13.6. The van der Waals surface area contributed by atoms with Crippen LogP contribution >= 0.6 is 0 Å². The number of amides is 5. The van der Waals surface area contributed by atoms with Crippen molar-refractivity contribution in [3.8, 4) is 5.75 Å². The molecule has 1 aromatic rings. The van der Waals surface area contributed by atoms with E-state index in [1.807, 2.05) is 30.6 Å². The van der Waals surface area contributed by atoms with Gasteiger partial charge in [-0.15, -0.1) is 0 Å². The Morgan fingerprint density at radius 1 is 0.947 bits per heavy atom. The molecule has 10 nitrogen and oxygen atoms in total. The third-order valence-electron chi connectivity index (χ3n) is 7.61.